The van der Waals surface area contributed by atoms with Crippen LogP contribution >= 0.6 is 0 Å². The van der Waals surface area contributed by atoms with Crippen molar-refractivity contribution in [1.82, 2.24) is 10.2 Å². The Bertz CT molecular complexity index is 801. The Balaban J connectivity index is 1.41. The maximum absolute atomic E-state index is 5.73. The van der Waals surface area contributed by atoms with E-state index in [9.17, 15) is 0 Å². The normalized spacial score (nSPS) is 13.6. The summed E-state index contributed by atoms with van der Waals surface area (Å²) in [6, 6.07) is 18.1. The highest BCUT2D eigenvalue weighted by Gasteiger charge is 2.18. The third-order valence-corrected chi connectivity index (χ3v) is 4.15. The number of hydrogen-bond donors (Lipinski definition) is 0. The molecular weight excluding hydrogens is 302 g/mol. The van der Waals surface area contributed by atoms with Crippen LogP contribution in [0.2, 0.25) is 0 Å². The molecule has 5 heteroatoms. The summed E-state index contributed by atoms with van der Waals surface area (Å²) < 4.78 is 11.4. The molecule has 0 unspecified atom stereocenters. The summed E-state index contributed by atoms with van der Waals surface area (Å²) in [5, 5.41) is 8.24. The number of nitrogens with zero attached hydrogens (tertiary/aromatic N) is 3. The fourth-order valence-electron chi connectivity index (χ4n) is 3.01. The molecule has 1 aromatic heterocycles. The minimum atomic E-state index is 0.285. The molecule has 2 aromatic carbocycles. The van der Waals surface area contributed by atoms with E-state index in [2.05, 4.69) is 39.4 Å². The Hall–Kier alpha value is -2.82. The van der Waals surface area contributed by atoms with E-state index in [1.807, 2.05) is 30.3 Å². The van der Waals surface area contributed by atoms with Crippen LogP contribution in [0.1, 0.15) is 23.8 Å². The molecule has 0 atom stereocenters. The molecular formula is C19H19N3O2. The van der Waals surface area contributed by atoms with Crippen molar-refractivity contribution in [2.45, 2.75) is 26.0 Å². The van der Waals surface area contributed by atoms with Crippen LogP contribution in [0.25, 0.3) is 0 Å². The smallest absolute Gasteiger partial charge is 0.253 e. The van der Waals surface area contributed by atoms with Gasteiger partial charge in [0.2, 0.25) is 5.89 Å². The largest absolute Gasteiger partial charge is 0.484 e. The summed E-state index contributed by atoms with van der Waals surface area (Å²) in [6.07, 6.45) is 2.28. The van der Waals surface area contributed by atoms with Crippen LogP contribution in [0.5, 0.6) is 5.75 Å². The second-order valence-corrected chi connectivity index (χ2v) is 5.85. The van der Waals surface area contributed by atoms with Gasteiger partial charge in [-0.3, -0.25) is 0 Å². The first-order valence-electron chi connectivity index (χ1n) is 8.20. The molecule has 122 valence electrons. The number of rotatable bonds is 5. The van der Waals surface area contributed by atoms with E-state index in [0.717, 1.165) is 25.1 Å². The molecule has 24 heavy (non-hydrogen) atoms. The van der Waals surface area contributed by atoms with Gasteiger partial charge in [-0.15, -0.1) is 10.2 Å². The Morgan fingerprint density at radius 1 is 0.958 bits per heavy atom. The van der Waals surface area contributed by atoms with E-state index < -0.39 is 0 Å². The van der Waals surface area contributed by atoms with Gasteiger partial charge in [0.25, 0.3) is 5.89 Å². The van der Waals surface area contributed by atoms with Gasteiger partial charge in [0.05, 0.1) is 6.54 Å². The van der Waals surface area contributed by atoms with Gasteiger partial charge in [-0.05, 0) is 36.6 Å². The molecule has 0 N–H and O–H groups in total. The summed E-state index contributed by atoms with van der Waals surface area (Å²) in [5.41, 5.74) is 2.65. The Kier molecular flexibility index (Phi) is 4.14. The Morgan fingerprint density at radius 2 is 1.75 bits per heavy atom. The summed E-state index contributed by atoms with van der Waals surface area (Å²) in [4.78, 5) is 2.30. The van der Waals surface area contributed by atoms with E-state index in [1.54, 1.807) is 0 Å². The molecule has 0 bridgehead atoms. The number of benzene rings is 2. The second-order valence-electron chi connectivity index (χ2n) is 5.85. The molecule has 0 fully saturated rings. The third kappa shape index (κ3) is 3.25. The van der Waals surface area contributed by atoms with E-state index in [0.29, 0.717) is 18.3 Å². The van der Waals surface area contributed by atoms with Crippen molar-refractivity contribution in [1.29, 1.82) is 0 Å². The van der Waals surface area contributed by atoms with E-state index in [1.165, 1.54) is 11.3 Å². The molecule has 3 aromatic rings. The van der Waals surface area contributed by atoms with Gasteiger partial charge < -0.3 is 14.1 Å². The van der Waals surface area contributed by atoms with Gasteiger partial charge in [0.1, 0.15) is 5.75 Å². The standard InChI is InChI=1S/C19H19N3O2/c1-2-9-16(10-3-1)23-14-19-21-20-18(24-19)13-22-12-6-8-15-7-4-5-11-17(15)22/h1-5,7,9-11H,6,8,12-14H2. The van der Waals surface area contributed by atoms with Gasteiger partial charge in [-0.1, -0.05) is 36.4 Å². The first-order valence-corrected chi connectivity index (χ1v) is 8.20. The molecule has 0 saturated carbocycles. The zero-order chi connectivity index (χ0) is 16.2. The van der Waals surface area contributed by atoms with Crippen molar-refractivity contribution in [2.24, 2.45) is 0 Å². The van der Waals surface area contributed by atoms with Crippen molar-refractivity contribution in [2.75, 3.05) is 11.4 Å². The summed E-state index contributed by atoms with van der Waals surface area (Å²) in [7, 11) is 0. The average molecular weight is 321 g/mol. The highest BCUT2D eigenvalue weighted by atomic mass is 16.5. The lowest BCUT2D eigenvalue weighted by molar-refractivity contribution is 0.258. The van der Waals surface area contributed by atoms with Gasteiger partial charge in [-0.25, -0.2) is 0 Å². The second kappa shape index (κ2) is 6.74. The van der Waals surface area contributed by atoms with Crippen molar-refractivity contribution < 1.29 is 9.15 Å². The molecule has 5 nitrogen and oxygen atoms in total. The van der Waals surface area contributed by atoms with Crippen molar-refractivity contribution in [3.8, 4) is 5.75 Å². The molecule has 1 aliphatic heterocycles. The minimum Gasteiger partial charge on any atom is -0.484 e. The number of aromatic nitrogens is 2. The third-order valence-electron chi connectivity index (χ3n) is 4.15. The topological polar surface area (TPSA) is 51.4 Å². The number of fused-ring (bicyclic) bond motifs is 1. The Labute approximate surface area is 140 Å². The monoisotopic (exact) mass is 321 g/mol. The van der Waals surface area contributed by atoms with Crippen LogP contribution in [0, 0.1) is 0 Å². The number of hydrogen-bond acceptors (Lipinski definition) is 5. The fraction of sp³-hybridized carbons (Fsp3) is 0.263. The van der Waals surface area contributed by atoms with Crippen molar-refractivity contribution >= 4 is 5.69 Å². The zero-order valence-corrected chi connectivity index (χ0v) is 13.4. The number of aryl methyl sites for hydroxylation is 1. The first-order chi connectivity index (χ1) is 11.9. The zero-order valence-electron chi connectivity index (χ0n) is 13.4. The summed E-state index contributed by atoms with van der Waals surface area (Å²) in [6.45, 7) is 1.93. The molecule has 0 spiro atoms. The van der Waals surface area contributed by atoms with E-state index >= 15 is 0 Å². The predicted octanol–water partition coefficient (Wildman–Crippen LogP) is 3.60. The highest BCUT2D eigenvalue weighted by molar-refractivity contribution is 5.55. The van der Waals surface area contributed by atoms with E-state index in [4.69, 9.17) is 9.15 Å². The van der Waals surface area contributed by atoms with Crippen LogP contribution < -0.4 is 9.64 Å². The van der Waals surface area contributed by atoms with Crippen LogP contribution in [-0.4, -0.2) is 16.7 Å². The molecule has 2 heterocycles. The molecule has 0 radical (unpaired) electrons. The van der Waals surface area contributed by atoms with Gasteiger partial charge in [-0.2, -0.15) is 0 Å². The summed E-state index contributed by atoms with van der Waals surface area (Å²) in [5.74, 6) is 1.92. The van der Waals surface area contributed by atoms with Gasteiger partial charge >= 0.3 is 0 Å². The first kappa shape index (κ1) is 14.8. The lowest BCUT2D eigenvalue weighted by Crippen LogP contribution is -2.28. The van der Waals surface area contributed by atoms with E-state index in [-0.39, 0.29) is 6.61 Å². The fourth-order valence-corrected chi connectivity index (χ4v) is 3.01. The van der Waals surface area contributed by atoms with Crippen molar-refractivity contribution in [3.63, 3.8) is 0 Å². The molecule has 0 amide bonds. The molecule has 1 aliphatic rings. The van der Waals surface area contributed by atoms with Crippen LogP contribution in [0.15, 0.2) is 59.0 Å². The lowest BCUT2D eigenvalue weighted by Gasteiger charge is -2.29. The number of anilines is 1. The molecule has 0 saturated heterocycles. The minimum absolute atomic E-state index is 0.285. The summed E-state index contributed by atoms with van der Waals surface area (Å²) >= 11 is 0. The SMILES string of the molecule is c1ccc(OCc2nnc(CN3CCCc4ccccc43)o2)cc1. The quantitative estimate of drug-likeness (QED) is 0.718. The molecule has 0 aliphatic carbocycles. The number of para-hydroxylation sites is 2. The average Bonchev–Trinajstić information content (AvgIpc) is 3.09. The Morgan fingerprint density at radius 3 is 2.67 bits per heavy atom. The van der Waals surface area contributed by atoms with Crippen molar-refractivity contribution in [3.05, 3.63) is 71.9 Å². The maximum atomic E-state index is 5.73. The van der Waals surface area contributed by atoms with Crippen LogP contribution in [0.4, 0.5) is 5.69 Å². The molecule has 4 rings (SSSR count). The van der Waals surface area contributed by atoms with Gasteiger partial charge in [0, 0.05) is 12.2 Å². The highest BCUT2D eigenvalue weighted by Crippen LogP contribution is 2.27. The van der Waals surface area contributed by atoms with Crippen LogP contribution in [0.3, 0.4) is 0 Å². The predicted molar refractivity (Wildman–Crippen MR) is 90.9 cm³/mol. The maximum Gasteiger partial charge on any atom is 0.253 e. The number of ether oxygens (including phenoxy) is 1. The van der Waals surface area contributed by atoms with Crippen LogP contribution in [-0.2, 0) is 19.6 Å². The van der Waals surface area contributed by atoms with Gasteiger partial charge in [0.15, 0.2) is 6.61 Å². The lowest BCUT2D eigenvalue weighted by atomic mass is 10.0.